The first-order valence-corrected chi connectivity index (χ1v) is 5.39. The third-order valence-corrected chi connectivity index (χ3v) is 3.00. The van der Waals surface area contributed by atoms with Gasteiger partial charge in [0.05, 0.1) is 6.07 Å². The van der Waals surface area contributed by atoms with Crippen molar-refractivity contribution in [1.29, 1.82) is 5.26 Å². The van der Waals surface area contributed by atoms with E-state index >= 15 is 0 Å². The molecule has 0 aromatic heterocycles. The van der Waals surface area contributed by atoms with Crippen molar-refractivity contribution in [3.63, 3.8) is 0 Å². The van der Waals surface area contributed by atoms with E-state index in [1.807, 2.05) is 6.08 Å². The molecule has 0 heterocycles. The lowest BCUT2D eigenvalue weighted by molar-refractivity contribution is 0.194. The maximum atomic E-state index is 9.26. The van der Waals surface area contributed by atoms with Gasteiger partial charge in [0.1, 0.15) is 5.54 Å². The molecule has 0 aliphatic heterocycles. The van der Waals surface area contributed by atoms with Crippen LogP contribution in [0.4, 0.5) is 0 Å². The lowest BCUT2D eigenvalue weighted by Gasteiger charge is -2.38. The second kappa shape index (κ2) is 4.61. The van der Waals surface area contributed by atoms with Gasteiger partial charge in [-0.2, -0.15) is 5.26 Å². The Bertz CT molecular complexity index is 229. The Kier molecular flexibility index (Phi) is 3.71. The maximum Gasteiger partial charge on any atom is 0.107 e. The fraction of sp³-hybridized carbons (Fsp3) is 0.750. The lowest BCUT2D eigenvalue weighted by Crippen LogP contribution is -2.49. The molecule has 1 aliphatic rings. The zero-order valence-electron chi connectivity index (χ0n) is 9.21. The molecular formula is C12H20N2. The van der Waals surface area contributed by atoms with Crippen LogP contribution >= 0.6 is 0 Å². The summed E-state index contributed by atoms with van der Waals surface area (Å²) >= 11 is 0. The molecule has 14 heavy (non-hydrogen) atoms. The summed E-state index contributed by atoms with van der Waals surface area (Å²) in [5.74, 6) is 1.30. The van der Waals surface area contributed by atoms with Crippen molar-refractivity contribution in [2.24, 2.45) is 11.8 Å². The molecule has 0 amide bonds. The van der Waals surface area contributed by atoms with Crippen molar-refractivity contribution in [2.75, 3.05) is 6.54 Å². The fourth-order valence-electron chi connectivity index (χ4n) is 2.67. The average molecular weight is 192 g/mol. The third kappa shape index (κ3) is 2.59. The second-order valence-corrected chi connectivity index (χ2v) is 4.72. The largest absolute Gasteiger partial charge is 0.296 e. The summed E-state index contributed by atoms with van der Waals surface area (Å²) in [7, 11) is 0. The van der Waals surface area contributed by atoms with E-state index in [9.17, 15) is 5.26 Å². The Morgan fingerprint density at radius 1 is 1.50 bits per heavy atom. The highest BCUT2D eigenvalue weighted by molar-refractivity contribution is 5.11. The average Bonchev–Trinajstić information content (AvgIpc) is 2.13. The minimum absolute atomic E-state index is 0.300. The molecule has 1 N–H and O–H groups in total. The third-order valence-electron chi connectivity index (χ3n) is 3.00. The number of nitriles is 1. The van der Waals surface area contributed by atoms with Crippen LogP contribution in [0.25, 0.3) is 0 Å². The summed E-state index contributed by atoms with van der Waals surface area (Å²) in [5, 5.41) is 12.6. The Balaban J connectivity index is 2.67. The first-order valence-electron chi connectivity index (χ1n) is 5.39. The van der Waals surface area contributed by atoms with Gasteiger partial charge in [-0.3, -0.25) is 5.32 Å². The predicted octanol–water partition coefficient (Wildman–Crippen LogP) is 2.48. The standard InChI is InChI=1S/C12H20N2/c1-4-5-14-12(9-13)7-10(2)6-11(3)8-12/h4,10-11,14H,1,5-8H2,2-3H3. The van der Waals surface area contributed by atoms with Crippen LogP contribution in [-0.2, 0) is 0 Å². The molecule has 1 fully saturated rings. The highest BCUT2D eigenvalue weighted by atomic mass is 15.0. The van der Waals surface area contributed by atoms with E-state index < -0.39 is 0 Å². The van der Waals surface area contributed by atoms with E-state index in [1.165, 1.54) is 6.42 Å². The number of hydrogen-bond acceptors (Lipinski definition) is 2. The van der Waals surface area contributed by atoms with Crippen LogP contribution < -0.4 is 5.32 Å². The van der Waals surface area contributed by atoms with Gasteiger partial charge in [-0.15, -0.1) is 6.58 Å². The molecule has 0 spiro atoms. The van der Waals surface area contributed by atoms with Crippen molar-refractivity contribution in [1.82, 2.24) is 5.32 Å². The molecule has 2 unspecified atom stereocenters. The minimum Gasteiger partial charge on any atom is -0.296 e. The minimum atomic E-state index is -0.300. The van der Waals surface area contributed by atoms with Gasteiger partial charge < -0.3 is 0 Å². The Labute approximate surface area is 87.0 Å². The van der Waals surface area contributed by atoms with E-state index in [4.69, 9.17) is 0 Å². The van der Waals surface area contributed by atoms with Gasteiger partial charge in [-0.25, -0.2) is 0 Å². The number of nitrogens with zero attached hydrogens (tertiary/aromatic N) is 1. The molecule has 0 aromatic carbocycles. The molecule has 0 aromatic rings. The molecule has 1 rings (SSSR count). The quantitative estimate of drug-likeness (QED) is 0.697. The monoisotopic (exact) mass is 192 g/mol. The maximum absolute atomic E-state index is 9.26. The normalized spacial score (nSPS) is 37.5. The van der Waals surface area contributed by atoms with Crippen molar-refractivity contribution < 1.29 is 0 Å². The van der Waals surface area contributed by atoms with Crippen molar-refractivity contribution >= 4 is 0 Å². The Morgan fingerprint density at radius 3 is 2.50 bits per heavy atom. The summed E-state index contributed by atoms with van der Waals surface area (Å²) in [6.45, 7) is 8.87. The van der Waals surface area contributed by atoms with Gasteiger partial charge in [-0.1, -0.05) is 19.9 Å². The molecule has 0 bridgehead atoms. The SMILES string of the molecule is C=CCNC1(C#N)CC(C)CC(C)C1. The number of hydrogen-bond donors (Lipinski definition) is 1. The van der Waals surface area contributed by atoms with Crippen molar-refractivity contribution in [2.45, 2.75) is 38.6 Å². The zero-order chi connectivity index (χ0) is 10.6. The molecule has 0 radical (unpaired) electrons. The first-order chi connectivity index (χ1) is 6.62. The number of rotatable bonds is 3. The molecule has 2 nitrogen and oxygen atoms in total. The molecule has 1 aliphatic carbocycles. The lowest BCUT2D eigenvalue weighted by atomic mass is 9.72. The van der Waals surface area contributed by atoms with Gasteiger partial charge in [-0.05, 0) is 31.1 Å². The topological polar surface area (TPSA) is 35.8 Å². The predicted molar refractivity (Wildman–Crippen MR) is 58.7 cm³/mol. The zero-order valence-corrected chi connectivity index (χ0v) is 9.21. The van der Waals surface area contributed by atoms with E-state index in [-0.39, 0.29) is 5.54 Å². The van der Waals surface area contributed by atoms with Gasteiger partial charge in [0, 0.05) is 6.54 Å². The second-order valence-electron chi connectivity index (χ2n) is 4.72. The van der Waals surface area contributed by atoms with Crippen LogP contribution in [0.1, 0.15) is 33.1 Å². The summed E-state index contributed by atoms with van der Waals surface area (Å²) < 4.78 is 0. The highest BCUT2D eigenvalue weighted by Crippen LogP contribution is 2.35. The van der Waals surface area contributed by atoms with Crippen molar-refractivity contribution in [3.8, 4) is 6.07 Å². The van der Waals surface area contributed by atoms with Crippen LogP contribution in [0.2, 0.25) is 0 Å². The van der Waals surface area contributed by atoms with Gasteiger partial charge in [0.15, 0.2) is 0 Å². The summed E-state index contributed by atoms with van der Waals surface area (Å²) in [6.07, 6.45) is 5.02. The molecule has 0 saturated heterocycles. The van der Waals surface area contributed by atoms with Crippen LogP contribution in [0.15, 0.2) is 12.7 Å². The fourth-order valence-corrected chi connectivity index (χ4v) is 2.67. The van der Waals surface area contributed by atoms with Crippen LogP contribution in [0, 0.1) is 23.2 Å². The smallest absolute Gasteiger partial charge is 0.107 e. The highest BCUT2D eigenvalue weighted by Gasteiger charge is 2.37. The van der Waals surface area contributed by atoms with E-state index in [0.717, 1.165) is 19.4 Å². The Hall–Kier alpha value is -0.810. The van der Waals surface area contributed by atoms with Gasteiger partial charge in [0.2, 0.25) is 0 Å². The van der Waals surface area contributed by atoms with E-state index in [0.29, 0.717) is 11.8 Å². The molecule has 78 valence electrons. The number of nitrogens with one attached hydrogen (secondary N) is 1. The van der Waals surface area contributed by atoms with Gasteiger partial charge >= 0.3 is 0 Å². The molecule has 2 atom stereocenters. The van der Waals surface area contributed by atoms with E-state index in [2.05, 4.69) is 31.8 Å². The summed E-state index contributed by atoms with van der Waals surface area (Å²) in [4.78, 5) is 0. The first kappa shape index (κ1) is 11.3. The summed E-state index contributed by atoms with van der Waals surface area (Å²) in [5.41, 5.74) is -0.300. The van der Waals surface area contributed by atoms with Crippen LogP contribution in [0.5, 0.6) is 0 Å². The van der Waals surface area contributed by atoms with Gasteiger partial charge in [0.25, 0.3) is 0 Å². The molecule has 2 heteroatoms. The summed E-state index contributed by atoms with van der Waals surface area (Å²) in [6, 6.07) is 2.45. The Morgan fingerprint density at radius 2 is 2.07 bits per heavy atom. The van der Waals surface area contributed by atoms with Crippen LogP contribution in [-0.4, -0.2) is 12.1 Å². The van der Waals surface area contributed by atoms with Crippen molar-refractivity contribution in [3.05, 3.63) is 12.7 Å². The van der Waals surface area contributed by atoms with Crippen LogP contribution in [0.3, 0.4) is 0 Å². The molecular weight excluding hydrogens is 172 g/mol. The van der Waals surface area contributed by atoms with E-state index in [1.54, 1.807) is 0 Å². The molecule has 1 saturated carbocycles.